The number of benzene rings is 2. The second-order valence-electron chi connectivity index (χ2n) is 4.49. The number of sulfonamides is 1. The molecule has 0 fully saturated rings. The average Bonchev–Trinajstić information content (AvgIpc) is 2.46. The third kappa shape index (κ3) is 4.23. The number of carbonyl (C=O) groups excluding carboxylic acids is 1. The molecule has 2 rings (SSSR count). The van der Waals surface area contributed by atoms with Crippen molar-refractivity contribution >= 4 is 49.1 Å². The third-order valence-corrected chi connectivity index (χ3v) is 4.76. The van der Waals surface area contributed by atoms with Gasteiger partial charge < -0.3 is 10.1 Å². The molecule has 0 saturated carbocycles. The van der Waals surface area contributed by atoms with Gasteiger partial charge in [0.05, 0.1) is 23.3 Å². The highest BCUT2D eigenvalue weighted by atomic mass is 79.9. The van der Waals surface area contributed by atoms with E-state index in [9.17, 15) is 13.2 Å². The van der Waals surface area contributed by atoms with Gasteiger partial charge in [-0.2, -0.15) is 0 Å². The summed E-state index contributed by atoms with van der Waals surface area (Å²) in [6.45, 7) is 0. The third-order valence-electron chi connectivity index (χ3n) is 2.92. The highest BCUT2D eigenvalue weighted by molar-refractivity contribution is 9.10. The molecule has 6 nitrogen and oxygen atoms in total. The standard InChI is InChI=1S/C14H12BrClN2O4S/c1-22-13-5-2-8(16)6-12(13)18-14(19)10-7-9(23(17,20)21)3-4-11(10)15/h2-7H,1H3,(H,18,19)(H2,17,20,21). The fraction of sp³-hybridized carbons (Fsp3) is 0.0714. The van der Waals surface area contributed by atoms with Crippen LogP contribution in [0.5, 0.6) is 5.75 Å². The number of hydrogen-bond donors (Lipinski definition) is 2. The summed E-state index contributed by atoms with van der Waals surface area (Å²) in [4.78, 5) is 12.3. The smallest absolute Gasteiger partial charge is 0.256 e. The van der Waals surface area contributed by atoms with E-state index in [-0.39, 0.29) is 10.5 Å². The molecule has 2 aromatic carbocycles. The van der Waals surface area contributed by atoms with Crippen LogP contribution in [0.1, 0.15) is 10.4 Å². The first-order valence-electron chi connectivity index (χ1n) is 6.19. The van der Waals surface area contributed by atoms with Gasteiger partial charge in [0.25, 0.3) is 5.91 Å². The van der Waals surface area contributed by atoms with Crippen LogP contribution < -0.4 is 15.2 Å². The lowest BCUT2D eigenvalue weighted by Gasteiger charge is -2.12. The number of anilines is 1. The summed E-state index contributed by atoms with van der Waals surface area (Å²) >= 11 is 9.12. The average molecular weight is 420 g/mol. The quantitative estimate of drug-likeness (QED) is 0.796. The van der Waals surface area contributed by atoms with Crippen molar-refractivity contribution in [3.8, 4) is 5.75 Å². The van der Waals surface area contributed by atoms with E-state index in [1.165, 1.54) is 31.4 Å². The molecule has 0 unspecified atom stereocenters. The molecule has 0 spiro atoms. The summed E-state index contributed by atoms with van der Waals surface area (Å²) in [5, 5.41) is 8.12. The predicted octanol–water partition coefficient (Wildman–Crippen LogP) is 3.01. The lowest BCUT2D eigenvalue weighted by atomic mass is 10.2. The number of methoxy groups -OCH3 is 1. The molecule has 0 bridgehead atoms. The topological polar surface area (TPSA) is 98.5 Å². The fourth-order valence-corrected chi connectivity index (χ4v) is 2.96. The molecule has 3 N–H and O–H groups in total. The van der Waals surface area contributed by atoms with Crippen molar-refractivity contribution in [3.63, 3.8) is 0 Å². The highest BCUT2D eigenvalue weighted by Gasteiger charge is 2.17. The van der Waals surface area contributed by atoms with E-state index in [0.717, 1.165) is 0 Å². The van der Waals surface area contributed by atoms with Crippen LogP contribution in [0.4, 0.5) is 5.69 Å². The summed E-state index contributed by atoms with van der Waals surface area (Å²) in [6, 6.07) is 8.67. The summed E-state index contributed by atoms with van der Waals surface area (Å²) in [5.41, 5.74) is 0.469. The molecule has 2 aromatic rings. The predicted molar refractivity (Wildman–Crippen MR) is 91.5 cm³/mol. The van der Waals surface area contributed by atoms with Crippen molar-refractivity contribution in [2.45, 2.75) is 4.90 Å². The van der Waals surface area contributed by atoms with Crippen molar-refractivity contribution in [2.24, 2.45) is 5.14 Å². The summed E-state index contributed by atoms with van der Waals surface area (Å²) < 4.78 is 28.4. The highest BCUT2D eigenvalue weighted by Crippen LogP contribution is 2.29. The second-order valence-corrected chi connectivity index (χ2v) is 7.34. The van der Waals surface area contributed by atoms with Gasteiger partial charge in [-0.1, -0.05) is 11.6 Å². The van der Waals surface area contributed by atoms with Gasteiger partial charge in [-0.05, 0) is 52.3 Å². The molecule has 0 aliphatic carbocycles. The first kappa shape index (κ1) is 17.7. The molecular formula is C14H12BrClN2O4S. The maximum Gasteiger partial charge on any atom is 0.256 e. The van der Waals surface area contributed by atoms with E-state index in [4.69, 9.17) is 21.5 Å². The van der Waals surface area contributed by atoms with E-state index in [1.54, 1.807) is 12.1 Å². The summed E-state index contributed by atoms with van der Waals surface area (Å²) in [6.07, 6.45) is 0. The number of carbonyl (C=O) groups is 1. The van der Waals surface area contributed by atoms with Crippen LogP contribution in [0.3, 0.4) is 0 Å². The van der Waals surface area contributed by atoms with Crippen LogP contribution in [-0.2, 0) is 10.0 Å². The largest absolute Gasteiger partial charge is 0.495 e. The summed E-state index contributed by atoms with van der Waals surface area (Å²) in [5.74, 6) is -0.121. The molecule has 1 amide bonds. The van der Waals surface area contributed by atoms with Gasteiger partial charge in [0.1, 0.15) is 5.75 Å². The van der Waals surface area contributed by atoms with Crippen molar-refractivity contribution in [3.05, 3.63) is 51.5 Å². The molecule has 122 valence electrons. The first-order valence-corrected chi connectivity index (χ1v) is 8.91. The number of nitrogens with two attached hydrogens (primary N) is 1. The Labute approximate surface area is 146 Å². The summed E-state index contributed by atoms with van der Waals surface area (Å²) in [7, 11) is -2.46. The fourth-order valence-electron chi connectivity index (χ4n) is 1.82. The van der Waals surface area contributed by atoms with Crippen LogP contribution in [-0.4, -0.2) is 21.4 Å². The Kier molecular flexibility index (Phi) is 5.30. The van der Waals surface area contributed by atoms with Crippen LogP contribution >= 0.6 is 27.5 Å². The van der Waals surface area contributed by atoms with Gasteiger partial charge in [-0.15, -0.1) is 0 Å². The van der Waals surface area contributed by atoms with Crippen LogP contribution in [0.2, 0.25) is 5.02 Å². The van der Waals surface area contributed by atoms with Crippen LogP contribution in [0.15, 0.2) is 45.8 Å². The Morgan fingerprint density at radius 2 is 1.96 bits per heavy atom. The van der Waals surface area contributed by atoms with E-state index < -0.39 is 15.9 Å². The van der Waals surface area contributed by atoms with Crippen LogP contribution in [0, 0.1) is 0 Å². The van der Waals surface area contributed by atoms with Crippen molar-refractivity contribution in [2.75, 3.05) is 12.4 Å². The maximum absolute atomic E-state index is 12.4. The molecule has 0 atom stereocenters. The van der Waals surface area contributed by atoms with E-state index in [0.29, 0.717) is 20.9 Å². The Hall–Kier alpha value is -1.61. The van der Waals surface area contributed by atoms with Crippen molar-refractivity contribution in [1.29, 1.82) is 0 Å². The van der Waals surface area contributed by atoms with Gasteiger partial charge in [-0.3, -0.25) is 4.79 Å². The molecule has 0 saturated heterocycles. The number of halogens is 2. The molecule has 9 heteroatoms. The zero-order valence-electron chi connectivity index (χ0n) is 11.8. The molecular weight excluding hydrogens is 408 g/mol. The van der Waals surface area contributed by atoms with Gasteiger partial charge in [0.15, 0.2) is 0 Å². The Morgan fingerprint density at radius 1 is 1.26 bits per heavy atom. The monoisotopic (exact) mass is 418 g/mol. The number of nitrogens with one attached hydrogen (secondary N) is 1. The zero-order valence-corrected chi connectivity index (χ0v) is 15.0. The minimum Gasteiger partial charge on any atom is -0.495 e. The first-order chi connectivity index (χ1) is 10.7. The second kappa shape index (κ2) is 6.88. The van der Waals surface area contributed by atoms with E-state index in [1.807, 2.05) is 0 Å². The van der Waals surface area contributed by atoms with Gasteiger partial charge in [-0.25, -0.2) is 13.6 Å². The number of primary sulfonamides is 1. The number of ether oxygens (including phenoxy) is 1. The minimum absolute atomic E-state index is 0.110. The minimum atomic E-state index is -3.91. The van der Waals surface area contributed by atoms with Crippen molar-refractivity contribution in [1.82, 2.24) is 0 Å². The SMILES string of the molecule is COc1ccc(Cl)cc1NC(=O)c1cc(S(N)(=O)=O)ccc1Br. The molecule has 23 heavy (non-hydrogen) atoms. The molecule has 0 aliphatic heterocycles. The van der Waals surface area contributed by atoms with Gasteiger partial charge >= 0.3 is 0 Å². The van der Waals surface area contributed by atoms with Crippen molar-refractivity contribution < 1.29 is 17.9 Å². The van der Waals surface area contributed by atoms with Gasteiger partial charge in [0, 0.05) is 9.50 Å². The number of amides is 1. The lowest BCUT2D eigenvalue weighted by Crippen LogP contribution is -2.16. The lowest BCUT2D eigenvalue weighted by molar-refractivity contribution is 0.102. The Bertz CT molecular complexity index is 871. The Balaban J connectivity index is 2.40. The van der Waals surface area contributed by atoms with Crippen LogP contribution in [0.25, 0.3) is 0 Å². The Morgan fingerprint density at radius 3 is 2.57 bits per heavy atom. The maximum atomic E-state index is 12.4. The molecule has 0 aromatic heterocycles. The van der Waals surface area contributed by atoms with Gasteiger partial charge in [0.2, 0.25) is 10.0 Å². The number of hydrogen-bond acceptors (Lipinski definition) is 4. The molecule has 0 aliphatic rings. The number of rotatable bonds is 4. The normalized spacial score (nSPS) is 11.1. The van der Waals surface area contributed by atoms with E-state index >= 15 is 0 Å². The van der Waals surface area contributed by atoms with E-state index in [2.05, 4.69) is 21.2 Å². The molecule has 0 heterocycles. The molecule has 0 radical (unpaired) electrons. The zero-order chi connectivity index (χ0) is 17.2.